The number of ether oxygens (including phenoxy) is 1. The van der Waals surface area contributed by atoms with Crippen molar-refractivity contribution in [2.24, 2.45) is 5.92 Å². The Morgan fingerprint density at radius 1 is 1.03 bits per heavy atom. The number of hydrogen-bond donors (Lipinski definition) is 1. The summed E-state index contributed by atoms with van der Waals surface area (Å²) < 4.78 is 11.0. The lowest BCUT2D eigenvalue weighted by Gasteiger charge is -2.31. The summed E-state index contributed by atoms with van der Waals surface area (Å²) in [6.45, 7) is 1.52. The molecule has 0 spiro atoms. The molecule has 6 heteroatoms. The van der Waals surface area contributed by atoms with Gasteiger partial charge in [-0.15, -0.1) is 0 Å². The highest BCUT2D eigenvalue weighted by Crippen LogP contribution is 2.22. The Kier molecular flexibility index (Phi) is 6.13. The summed E-state index contributed by atoms with van der Waals surface area (Å²) in [5, 5.41) is 2.95. The number of likely N-dealkylation sites (tertiary alicyclic amines) is 1. The van der Waals surface area contributed by atoms with Gasteiger partial charge < -0.3 is 19.4 Å². The molecule has 2 aromatic carbocycles. The van der Waals surface area contributed by atoms with Gasteiger partial charge in [-0.3, -0.25) is 9.59 Å². The van der Waals surface area contributed by atoms with Crippen LogP contribution in [0.15, 0.2) is 77.4 Å². The number of carbonyl (C=O) groups excluding carboxylic acids is 2. The zero-order chi connectivity index (χ0) is 20.8. The number of nitrogens with zero attached hydrogens (tertiary/aromatic N) is 1. The molecule has 1 saturated heterocycles. The molecule has 30 heavy (non-hydrogen) atoms. The average Bonchev–Trinajstić information content (AvgIpc) is 3.34. The van der Waals surface area contributed by atoms with Gasteiger partial charge in [0.25, 0.3) is 5.91 Å². The second-order valence-corrected chi connectivity index (χ2v) is 7.36. The third-order valence-corrected chi connectivity index (χ3v) is 5.18. The minimum Gasteiger partial charge on any atom is -0.489 e. The first-order chi connectivity index (χ1) is 14.7. The van der Waals surface area contributed by atoms with Crippen molar-refractivity contribution in [3.8, 4) is 5.75 Å². The predicted molar refractivity (Wildman–Crippen MR) is 113 cm³/mol. The van der Waals surface area contributed by atoms with Crippen molar-refractivity contribution in [3.63, 3.8) is 0 Å². The van der Waals surface area contributed by atoms with Crippen LogP contribution in [0.1, 0.15) is 29.0 Å². The van der Waals surface area contributed by atoms with Gasteiger partial charge in [0.05, 0.1) is 12.2 Å². The van der Waals surface area contributed by atoms with E-state index in [4.69, 9.17) is 9.15 Å². The lowest BCUT2D eigenvalue weighted by molar-refractivity contribution is -0.121. The second kappa shape index (κ2) is 9.31. The largest absolute Gasteiger partial charge is 0.489 e. The summed E-state index contributed by atoms with van der Waals surface area (Å²) in [6, 6.07) is 20.6. The lowest BCUT2D eigenvalue weighted by Crippen LogP contribution is -2.43. The number of furan rings is 1. The van der Waals surface area contributed by atoms with Crippen LogP contribution >= 0.6 is 0 Å². The first kappa shape index (κ1) is 19.8. The highest BCUT2D eigenvalue weighted by molar-refractivity contribution is 5.95. The maximum atomic E-state index is 12.7. The van der Waals surface area contributed by atoms with E-state index < -0.39 is 0 Å². The average molecular weight is 404 g/mol. The van der Waals surface area contributed by atoms with Crippen LogP contribution in [-0.4, -0.2) is 29.8 Å². The Morgan fingerprint density at radius 2 is 1.83 bits per heavy atom. The fourth-order valence-electron chi connectivity index (χ4n) is 3.55. The molecule has 1 aliphatic rings. The summed E-state index contributed by atoms with van der Waals surface area (Å²) in [6.07, 6.45) is 3.03. The first-order valence-corrected chi connectivity index (χ1v) is 10.1. The van der Waals surface area contributed by atoms with Crippen LogP contribution in [0.4, 0.5) is 5.69 Å². The number of rotatable bonds is 6. The molecule has 3 aromatic rings. The summed E-state index contributed by atoms with van der Waals surface area (Å²) in [5.74, 6) is 0.556. The van der Waals surface area contributed by atoms with Crippen LogP contribution in [0.25, 0.3) is 0 Å². The van der Waals surface area contributed by atoms with Gasteiger partial charge in [-0.05, 0) is 54.8 Å². The maximum absolute atomic E-state index is 12.7. The molecule has 1 aromatic heterocycles. The van der Waals surface area contributed by atoms with Gasteiger partial charge >= 0.3 is 0 Å². The predicted octanol–water partition coefficient (Wildman–Crippen LogP) is 4.35. The molecule has 1 atom stereocenters. The van der Waals surface area contributed by atoms with Gasteiger partial charge in [0.2, 0.25) is 5.91 Å². The van der Waals surface area contributed by atoms with Gasteiger partial charge in [-0.25, -0.2) is 0 Å². The standard InChI is InChI=1S/C24H24N2O4/c27-23(19-8-4-14-26(16-19)24(28)22-9-5-15-29-22)25-20-10-12-21(13-11-20)30-17-18-6-2-1-3-7-18/h1-3,5-7,9-13,15,19H,4,8,14,16-17H2,(H,25,27). The second-order valence-electron chi connectivity index (χ2n) is 7.36. The molecule has 1 fully saturated rings. The summed E-state index contributed by atoms with van der Waals surface area (Å²) in [7, 11) is 0. The van der Waals surface area contributed by atoms with E-state index in [1.54, 1.807) is 17.0 Å². The molecular formula is C24H24N2O4. The van der Waals surface area contributed by atoms with Gasteiger partial charge in [-0.2, -0.15) is 0 Å². The van der Waals surface area contributed by atoms with Crippen LogP contribution in [0.5, 0.6) is 5.75 Å². The third-order valence-electron chi connectivity index (χ3n) is 5.18. The van der Waals surface area contributed by atoms with Crippen LogP contribution < -0.4 is 10.1 Å². The first-order valence-electron chi connectivity index (χ1n) is 10.1. The van der Waals surface area contributed by atoms with Gasteiger partial charge in [-0.1, -0.05) is 30.3 Å². The molecule has 1 N–H and O–H groups in total. The zero-order valence-corrected chi connectivity index (χ0v) is 16.6. The fourth-order valence-corrected chi connectivity index (χ4v) is 3.55. The SMILES string of the molecule is O=C(Nc1ccc(OCc2ccccc2)cc1)C1CCCN(C(=O)c2ccco2)C1. The van der Waals surface area contributed by atoms with Crippen LogP contribution in [0, 0.1) is 5.92 Å². The van der Waals surface area contributed by atoms with Crippen molar-refractivity contribution < 1.29 is 18.7 Å². The Bertz CT molecular complexity index is 968. The number of carbonyl (C=O) groups is 2. The van der Waals surface area contributed by atoms with Crippen molar-refractivity contribution >= 4 is 17.5 Å². The molecule has 6 nitrogen and oxygen atoms in total. The number of nitrogens with one attached hydrogen (secondary N) is 1. The van der Waals surface area contributed by atoms with Crippen LogP contribution in [0.2, 0.25) is 0 Å². The number of hydrogen-bond acceptors (Lipinski definition) is 4. The van der Waals surface area contributed by atoms with Crippen LogP contribution in [-0.2, 0) is 11.4 Å². The minimum atomic E-state index is -0.244. The zero-order valence-electron chi connectivity index (χ0n) is 16.6. The van der Waals surface area contributed by atoms with Gasteiger partial charge in [0, 0.05) is 18.8 Å². The van der Waals surface area contributed by atoms with E-state index >= 15 is 0 Å². The van der Waals surface area contributed by atoms with E-state index in [1.807, 2.05) is 54.6 Å². The van der Waals surface area contributed by atoms with Crippen molar-refractivity contribution in [2.75, 3.05) is 18.4 Å². The van der Waals surface area contributed by atoms with Crippen molar-refractivity contribution in [1.29, 1.82) is 0 Å². The molecule has 2 heterocycles. The van der Waals surface area contributed by atoms with Gasteiger partial charge in [0.15, 0.2) is 5.76 Å². The van der Waals surface area contributed by atoms with Crippen LogP contribution in [0.3, 0.4) is 0 Å². The van der Waals surface area contributed by atoms with E-state index in [0.29, 0.717) is 31.1 Å². The highest BCUT2D eigenvalue weighted by Gasteiger charge is 2.29. The normalized spacial score (nSPS) is 16.1. The monoisotopic (exact) mass is 404 g/mol. The number of piperidine rings is 1. The molecule has 0 aliphatic carbocycles. The lowest BCUT2D eigenvalue weighted by atomic mass is 9.96. The molecule has 154 valence electrons. The number of benzene rings is 2. The number of amides is 2. The summed E-state index contributed by atoms with van der Waals surface area (Å²) >= 11 is 0. The molecule has 4 rings (SSSR count). The molecule has 1 unspecified atom stereocenters. The fraction of sp³-hybridized carbons (Fsp3) is 0.250. The Balaban J connectivity index is 1.30. The van der Waals surface area contributed by atoms with E-state index in [9.17, 15) is 9.59 Å². The smallest absolute Gasteiger partial charge is 0.289 e. The number of anilines is 1. The van der Waals surface area contributed by atoms with E-state index in [0.717, 1.165) is 24.2 Å². The summed E-state index contributed by atoms with van der Waals surface area (Å²) in [5.41, 5.74) is 1.81. The van der Waals surface area contributed by atoms with E-state index in [-0.39, 0.29) is 17.7 Å². The molecule has 1 aliphatic heterocycles. The Hall–Kier alpha value is -3.54. The Labute approximate surface area is 175 Å². The molecule has 0 radical (unpaired) electrons. The van der Waals surface area contributed by atoms with Crippen molar-refractivity contribution in [2.45, 2.75) is 19.4 Å². The van der Waals surface area contributed by atoms with Crippen molar-refractivity contribution in [1.82, 2.24) is 4.90 Å². The molecule has 0 saturated carbocycles. The van der Waals surface area contributed by atoms with E-state index in [2.05, 4.69) is 5.32 Å². The topological polar surface area (TPSA) is 71.8 Å². The maximum Gasteiger partial charge on any atom is 0.289 e. The molecular weight excluding hydrogens is 380 g/mol. The molecule has 2 amide bonds. The van der Waals surface area contributed by atoms with Gasteiger partial charge in [0.1, 0.15) is 12.4 Å². The Morgan fingerprint density at radius 3 is 2.57 bits per heavy atom. The highest BCUT2D eigenvalue weighted by atomic mass is 16.5. The summed E-state index contributed by atoms with van der Waals surface area (Å²) in [4.78, 5) is 26.9. The third kappa shape index (κ3) is 4.89. The minimum absolute atomic E-state index is 0.0788. The van der Waals surface area contributed by atoms with E-state index in [1.165, 1.54) is 6.26 Å². The quantitative estimate of drug-likeness (QED) is 0.663. The van der Waals surface area contributed by atoms with Crippen molar-refractivity contribution in [3.05, 3.63) is 84.3 Å². The molecule has 0 bridgehead atoms.